The third kappa shape index (κ3) is 3.54. The lowest BCUT2D eigenvalue weighted by atomic mass is 10.0. The van der Waals surface area contributed by atoms with Gasteiger partial charge in [0, 0.05) is 19.3 Å². The second kappa shape index (κ2) is 7.75. The second-order valence-electron chi connectivity index (χ2n) is 7.11. The summed E-state index contributed by atoms with van der Waals surface area (Å²) in [5.74, 6) is 1.15. The highest BCUT2D eigenvalue weighted by atomic mass is 32.1. The average Bonchev–Trinajstić information content (AvgIpc) is 3.42. The van der Waals surface area contributed by atoms with Crippen molar-refractivity contribution in [3.05, 3.63) is 40.1 Å². The molecule has 146 valence electrons. The number of hydrogen-bond acceptors (Lipinski definition) is 8. The topological polar surface area (TPSA) is 97.9 Å². The molecule has 1 atom stereocenters. The molecule has 4 rings (SSSR count). The van der Waals surface area contributed by atoms with Crippen LogP contribution in [-0.2, 0) is 12.8 Å². The van der Waals surface area contributed by atoms with Gasteiger partial charge >= 0.3 is 0 Å². The van der Waals surface area contributed by atoms with Gasteiger partial charge < -0.3 is 9.42 Å². The van der Waals surface area contributed by atoms with Crippen LogP contribution in [-0.4, -0.2) is 48.6 Å². The number of amides is 1. The van der Waals surface area contributed by atoms with Gasteiger partial charge in [0.15, 0.2) is 0 Å². The van der Waals surface area contributed by atoms with Crippen molar-refractivity contribution in [3.63, 3.8) is 0 Å². The van der Waals surface area contributed by atoms with Crippen molar-refractivity contribution in [1.82, 2.24) is 29.6 Å². The summed E-state index contributed by atoms with van der Waals surface area (Å²) in [5.41, 5.74) is 4.21. The molecule has 9 heteroatoms. The maximum Gasteiger partial charge on any atom is 0.267 e. The summed E-state index contributed by atoms with van der Waals surface area (Å²) in [7, 11) is 0. The fourth-order valence-electron chi connectivity index (χ4n) is 3.70. The number of carbonyl (C=O) groups excluding carboxylic acids is 1. The lowest BCUT2D eigenvalue weighted by Crippen LogP contribution is -2.29. The number of nitrogens with zero attached hydrogens (tertiary/aromatic N) is 6. The molecule has 0 aliphatic carbocycles. The normalized spacial score (nSPS) is 16.7. The largest absolute Gasteiger partial charge is 0.361 e. The molecule has 1 fully saturated rings. The highest BCUT2D eigenvalue weighted by molar-refractivity contribution is 7.08. The maximum absolute atomic E-state index is 12.8. The van der Waals surface area contributed by atoms with E-state index >= 15 is 0 Å². The zero-order chi connectivity index (χ0) is 19.7. The third-order valence-electron chi connectivity index (χ3n) is 5.13. The Morgan fingerprint density at radius 3 is 2.96 bits per heavy atom. The average molecular weight is 398 g/mol. The summed E-state index contributed by atoms with van der Waals surface area (Å²) in [6.45, 7) is 7.24. The van der Waals surface area contributed by atoms with E-state index in [1.807, 2.05) is 25.7 Å². The molecule has 0 radical (unpaired) electrons. The predicted molar refractivity (Wildman–Crippen MR) is 104 cm³/mol. The van der Waals surface area contributed by atoms with E-state index in [1.54, 1.807) is 12.4 Å². The van der Waals surface area contributed by atoms with E-state index in [-0.39, 0.29) is 5.91 Å². The first-order valence-corrected chi connectivity index (χ1v) is 10.2. The maximum atomic E-state index is 12.8. The molecule has 1 saturated heterocycles. The van der Waals surface area contributed by atoms with Crippen LogP contribution in [0.15, 0.2) is 16.9 Å². The Morgan fingerprint density at radius 2 is 2.21 bits per heavy atom. The van der Waals surface area contributed by atoms with Crippen LogP contribution in [0.25, 0.3) is 11.3 Å². The Morgan fingerprint density at radius 1 is 1.36 bits per heavy atom. The van der Waals surface area contributed by atoms with Crippen LogP contribution < -0.4 is 0 Å². The molecule has 1 unspecified atom stereocenters. The van der Waals surface area contributed by atoms with Crippen LogP contribution in [0.5, 0.6) is 0 Å². The van der Waals surface area contributed by atoms with E-state index in [1.165, 1.54) is 11.5 Å². The van der Waals surface area contributed by atoms with Gasteiger partial charge in [-0.2, -0.15) is 0 Å². The molecule has 1 aliphatic heterocycles. The standard InChI is InChI=1S/C19H22N6O2S/c1-4-15-18(28-24-22-15)19(26)25-6-5-13(10-25)7-14-8-20-9-16(21-14)17-11(2)23-27-12(17)3/h8-9,13H,4-7,10H2,1-3H3. The van der Waals surface area contributed by atoms with Gasteiger partial charge in [0.1, 0.15) is 10.6 Å². The predicted octanol–water partition coefficient (Wildman–Crippen LogP) is 2.87. The lowest BCUT2D eigenvalue weighted by molar-refractivity contribution is 0.0790. The van der Waals surface area contributed by atoms with Crippen molar-refractivity contribution in [3.8, 4) is 11.3 Å². The van der Waals surface area contributed by atoms with Crippen molar-refractivity contribution in [1.29, 1.82) is 0 Å². The van der Waals surface area contributed by atoms with Gasteiger partial charge in [-0.15, -0.1) is 5.10 Å². The number of aryl methyl sites for hydroxylation is 3. The van der Waals surface area contributed by atoms with Gasteiger partial charge in [0.05, 0.1) is 34.5 Å². The first-order valence-electron chi connectivity index (χ1n) is 9.41. The van der Waals surface area contributed by atoms with Crippen molar-refractivity contribution in [2.24, 2.45) is 5.92 Å². The number of likely N-dealkylation sites (tertiary alicyclic amines) is 1. The highest BCUT2D eigenvalue weighted by Crippen LogP contribution is 2.27. The zero-order valence-corrected chi connectivity index (χ0v) is 17.0. The smallest absolute Gasteiger partial charge is 0.267 e. The van der Waals surface area contributed by atoms with Gasteiger partial charge in [0.2, 0.25) is 0 Å². The molecule has 0 bridgehead atoms. The van der Waals surface area contributed by atoms with Gasteiger partial charge in [-0.25, -0.2) is 4.98 Å². The summed E-state index contributed by atoms with van der Waals surface area (Å²) < 4.78 is 9.18. The highest BCUT2D eigenvalue weighted by Gasteiger charge is 2.30. The quantitative estimate of drug-likeness (QED) is 0.652. The summed E-state index contributed by atoms with van der Waals surface area (Å²) in [4.78, 5) is 24.5. The number of hydrogen-bond donors (Lipinski definition) is 0. The Bertz CT molecular complexity index is 978. The number of carbonyl (C=O) groups is 1. The molecular weight excluding hydrogens is 376 g/mol. The van der Waals surface area contributed by atoms with Gasteiger partial charge in [-0.05, 0) is 50.6 Å². The van der Waals surface area contributed by atoms with E-state index < -0.39 is 0 Å². The van der Waals surface area contributed by atoms with E-state index in [0.717, 1.165) is 66.5 Å². The van der Waals surface area contributed by atoms with Crippen LogP contribution in [0.2, 0.25) is 0 Å². The third-order valence-corrected chi connectivity index (χ3v) is 5.89. The van der Waals surface area contributed by atoms with Crippen LogP contribution in [0.4, 0.5) is 0 Å². The zero-order valence-electron chi connectivity index (χ0n) is 16.2. The lowest BCUT2D eigenvalue weighted by Gasteiger charge is -2.15. The molecule has 0 aromatic carbocycles. The van der Waals surface area contributed by atoms with Crippen LogP contribution in [0.1, 0.15) is 45.9 Å². The summed E-state index contributed by atoms with van der Waals surface area (Å²) >= 11 is 1.19. The molecule has 28 heavy (non-hydrogen) atoms. The number of aromatic nitrogens is 5. The van der Waals surface area contributed by atoms with E-state index in [4.69, 9.17) is 9.51 Å². The molecule has 8 nitrogen and oxygen atoms in total. The number of rotatable bonds is 5. The second-order valence-corrected chi connectivity index (χ2v) is 7.86. The first-order chi connectivity index (χ1) is 13.6. The minimum atomic E-state index is 0.0462. The van der Waals surface area contributed by atoms with Crippen LogP contribution in [0.3, 0.4) is 0 Å². The molecule has 0 spiro atoms. The summed E-state index contributed by atoms with van der Waals surface area (Å²) in [6, 6.07) is 0. The minimum absolute atomic E-state index is 0.0462. The van der Waals surface area contributed by atoms with Gasteiger partial charge in [0.25, 0.3) is 5.91 Å². The molecular formula is C19H22N6O2S. The van der Waals surface area contributed by atoms with Crippen molar-refractivity contribution < 1.29 is 9.32 Å². The van der Waals surface area contributed by atoms with Gasteiger partial charge in [-0.1, -0.05) is 16.6 Å². The fourth-order valence-corrected chi connectivity index (χ4v) is 4.42. The molecule has 1 aliphatic rings. The molecule has 3 aromatic rings. The summed E-state index contributed by atoms with van der Waals surface area (Å²) in [5, 5.41) is 8.05. The van der Waals surface area contributed by atoms with Gasteiger partial charge in [-0.3, -0.25) is 9.78 Å². The van der Waals surface area contributed by atoms with Crippen LogP contribution >= 0.6 is 11.5 Å². The van der Waals surface area contributed by atoms with Crippen molar-refractivity contribution in [2.45, 2.75) is 40.0 Å². The SMILES string of the molecule is CCc1nnsc1C(=O)N1CCC(Cc2cncc(-c3c(C)noc3C)n2)C1. The van der Waals surface area contributed by atoms with E-state index in [9.17, 15) is 4.79 Å². The minimum Gasteiger partial charge on any atom is -0.361 e. The van der Waals surface area contributed by atoms with Crippen LogP contribution in [0, 0.1) is 19.8 Å². The Kier molecular flexibility index (Phi) is 5.17. The molecule has 1 amide bonds. The Balaban J connectivity index is 1.45. The summed E-state index contributed by atoms with van der Waals surface area (Å²) in [6.07, 6.45) is 6.00. The molecule has 3 aromatic heterocycles. The molecule has 4 heterocycles. The first kappa shape index (κ1) is 18.7. The van der Waals surface area contributed by atoms with E-state index in [2.05, 4.69) is 19.7 Å². The molecule has 0 saturated carbocycles. The van der Waals surface area contributed by atoms with Crippen molar-refractivity contribution in [2.75, 3.05) is 13.1 Å². The van der Waals surface area contributed by atoms with Crippen molar-refractivity contribution >= 4 is 17.4 Å². The Hall–Kier alpha value is -2.68. The Labute approximate surface area is 167 Å². The monoisotopic (exact) mass is 398 g/mol. The fraction of sp³-hybridized carbons (Fsp3) is 0.474. The van der Waals surface area contributed by atoms with E-state index in [0.29, 0.717) is 10.8 Å². The molecule has 0 N–H and O–H groups in total.